The van der Waals surface area contributed by atoms with Gasteiger partial charge in [0, 0.05) is 18.3 Å². The Hall–Kier alpha value is -2.03. The lowest BCUT2D eigenvalue weighted by molar-refractivity contribution is 0.471. The molecule has 2 aromatic rings. The third-order valence-corrected chi connectivity index (χ3v) is 2.29. The fourth-order valence-electron chi connectivity index (χ4n) is 1.39. The van der Waals surface area contributed by atoms with Gasteiger partial charge in [0.15, 0.2) is 0 Å². The lowest BCUT2D eigenvalue weighted by atomic mass is 10.2. The van der Waals surface area contributed by atoms with Crippen LogP contribution in [0.1, 0.15) is 5.56 Å². The van der Waals surface area contributed by atoms with Crippen LogP contribution in [0.2, 0.25) is 0 Å². The second-order valence-electron chi connectivity index (χ2n) is 3.38. The lowest BCUT2D eigenvalue weighted by Gasteiger charge is -2.06. The van der Waals surface area contributed by atoms with E-state index >= 15 is 0 Å². The highest BCUT2D eigenvalue weighted by molar-refractivity contribution is 5.43. The van der Waals surface area contributed by atoms with E-state index in [4.69, 9.17) is 0 Å². The van der Waals surface area contributed by atoms with Crippen molar-refractivity contribution >= 4 is 0 Å². The van der Waals surface area contributed by atoms with Gasteiger partial charge in [-0.3, -0.25) is 9.36 Å². The van der Waals surface area contributed by atoms with Crippen LogP contribution in [0.15, 0.2) is 47.4 Å². The number of phenolic OH excluding ortho intramolecular Hbond substituents is 1. The van der Waals surface area contributed by atoms with E-state index in [1.807, 2.05) is 6.92 Å². The molecular formula is C12H11NO2. The van der Waals surface area contributed by atoms with Crippen LogP contribution in [0.4, 0.5) is 0 Å². The first-order chi connectivity index (χ1) is 7.18. The molecular weight excluding hydrogens is 190 g/mol. The van der Waals surface area contributed by atoms with Crippen LogP contribution in [0.5, 0.6) is 5.75 Å². The highest BCUT2D eigenvalue weighted by atomic mass is 16.3. The highest BCUT2D eigenvalue weighted by Gasteiger charge is 2.01. The molecule has 0 spiro atoms. The minimum Gasteiger partial charge on any atom is -0.508 e. The molecule has 76 valence electrons. The molecule has 1 heterocycles. The molecule has 1 N–H and O–H groups in total. The lowest BCUT2D eigenvalue weighted by Crippen LogP contribution is -2.15. The van der Waals surface area contributed by atoms with Gasteiger partial charge >= 0.3 is 0 Å². The Balaban J connectivity index is 2.60. The van der Waals surface area contributed by atoms with Crippen molar-refractivity contribution in [1.82, 2.24) is 4.57 Å². The van der Waals surface area contributed by atoms with Gasteiger partial charge in [-0.2, -0.15) is 0 Å². The molecule has 0 bridgehead atoms. The first kappa shape index (κ1) is 9.52. The Kier molecular flexibility index (Phi) is 2.29. The Labute approximate surface area is 87.2 Å². The van der Waals surface area contributed by atoms with Gasteiger partial charge in [0.05, 0.1) is 5.69 Å². The summed E-state index contributed by atoms with van der Waals surface area (Å²) >= 11 is 0. The summed E-state index contributed by atoms with van der Waals surface area (Å²) in [5.41, 5.74) is 1.35. The van der Waals surface area contributed by atoms with E-state index in [9.17, 15) is 9.90 Å². The zero-order valence-electron chi connectivity index (χ0n) is 8.34. The van der Waals surface area contributed by atoms with Crippen LogP contribution in [0, 0.1) is 6.92 Å². The fourth-order valence-corrected chi connectivity index (χ4v) is 1.39. The predicted molar refractivity (Wildman–Crippen MR) is 58.4 cm³/mol. The van der Waals surface area contributed by atoms with Crippen molar-refractivity contribution in [2.24, 2.45) is 0 Å². The molecule has 3 nitrogen and oxygen atoms in total. The molecule has 2 rings (SSSR count). The molecule has 3 heteroatoms. The number of aromatic hydroxyl groups is 1. The monoisotopic (exact) mass is 201 g/mol. The van der Waals surface area contributed by atoms with E-state index in [-0.39, 0.29) is 11.3 Å². The highest BCUT2D eigenvalue weighted by Crippen LogP contribution is 2.18. The van der Waals surface area contributed by atoms with E-state index in [0.29, 0.717) is 5.69 Å². The van der Waals surface area contributed by atoms with Crippen LogP contribution in [0.3, 0.4) is 0 Å². The summed E-state index contributed by atoms with van der Waals surface area (Å²) in [6.07, 6.45) is 1.67. The number of hydrogen-bond acceptors (Lipinski definition) is 2. The number of aryl methyl sites for hydroxylation is 1. The molecule has 0 aliphatic carbocycles. The summed E-state index contributed by atoms with van der Waals surface area (Å²) in [6, 6.07) is 10.1. The van der Waals surface area contributed by atoms with Crippen LogP contribution < -0.4 is 5.56 Å². The van der Waals surface area contributed by atoms with Crippen LogP contribution >= 0.6 is 0 Å². The number of phenols is 1. The summed E-state index contributed by atoms with van der Waals surface area (Å²) in [6.45, 7) is 1.81. The maximum Gasteiger partial charge on any atom is 0.255 e. The maximum atomic E-state index is 11.5. The number of aromatic nitrogens is 1. The SMILES string of the molecule is Cc1ccc(-n2ccccc2=O)cc1O. The molecule has 0 aliphatic rings. The summed E-state index contributed by atoms with van der Waals surface area (Å²) < 4.78 is 1.49. The number of rotatable bonds is 1. The molecule has 1 aromatic carbocycles. The third-order valence-electron chi connectivity index (χ3n) is 2.29. The Morgan fingerprint density at radius 2 is 2.00 bits per heavy atom. The second-order valence-corrected chi connectivity index (χ2v) is 3.38. The average molecular weight is 201 g/mol. The van der Waals surface area contributed by atoms with Crippen molar-refractivity contribution < 1.29 is 5.11 Å². The molecule has 0 amide bonds. The number of benzene rings is 1. The minimum atomic E-state index is -0.110. The minimum absolute atomic E-state index is 0.110. The number of pyridine rings is 1. The predicted octanol–water partition coefficient (Wildman–Crippen LogP) is 1.85. The molecule has 0 radical (unpaired) electrons. The first-order valence-electron chi connectivity index (χ1n) is 4.66. The van der Waals surface area contributed by atoms with Gasteiger partial charge < -0.3 is 5.11 Å². The largest absolute Gasteiger partial charge is 0.508 e. The van der Waals surface area contributed by atoms with Gasteiger partial charge in [0.1, 0.15) is 5.75 Å². The maximum absolute atomic E-state index is 11.5. The van der Waals surface area contributed by atoms with E-state index in [2.05, 4.69) is 0 Å². The molecule has 0 aliphatic heterocycles. The van der Waals surface area contributed by atoms with Crippen molar-refractivity contribution in [1.29, 1.82) is 0 Å². The Morgan fingerprint density at radius 3 is 2.67 bits per heavy atom. The second kappa shape index (κ2) is 3.61. The van der Waals surface area contributed by atoms with Gasteiger partial charge in [0.25, 0.3) is 5.56 Å². The van der Waals surface area contributed by atoms with Gasteiger partial charge in [-0.05, 0) is 24.6 Å². The van der Waals surface area contributed by atoms with Crippen molar-refractivity contribution in [3.05, 3.63) is 58.5 Å². The zero-order chi connectivity index (χ0) is 10.8. The summed E-state index contributed by atoms with van der Waals surface area (Å²) in [5, 5.41) is 9.54. The van der Waals surface area contributed by atoms with E-state index in [1.54, 1.807) is 36.5 Å². The Bertz CT molecular complexity index is 543. The summed E-state index contributed by atoms with van der Waals surface area (Å²) in [7, 11) is 0. The number of nitrogens with zero attached hydrogens (tertiary/aromatic N) is 1. The van der Waals surface area contributed by atoms with Crippen molar-refractivity contribution in [2.45, 2.75) is 6.92 Å². The van der Waals surface area contributed by atoms with Crippen molar-refractivity contribution in [2.75, 3.05) is 0 Å². The molecule has 0 fully saturated rings. The topological polar surface area (TPSA) is 42.2 Å². The van der Waals surface area contributed by atoms with Crippen molar-refractivity contribution in [3.8, 4) is 11.4 Å². The first-order valence-corrected chi connectivity index (χ1v) is 4.66. The van der Waals surface area contributed by atoms with E-state index in [0.717, 1.165) is 5.56 Å². The quantitative estimate of drug-likeness (QED) is 0.765. The average Bonchev–Trinajstić information content (AvgIpc) is 2.23. The van der Waals surface area contributed by atoms with E-state index < -0.39 is 0 Å². The van der Waals surface area contributed by atoms with E-state index in [1.165, 1.54) is 10.6 Å². The molecule has 15 heavy (non-hydrogen) atoms. The van der Waals surface area contributed by atoms with Crippen LogP contribution in [0.25, 0.3) is 5.69 Å². The van der Waals surface area contributed by atoms with Gasteiger partial charge in [-0.25, -0.2) is 0 Å². The van der Waals surface area contributed by atoms with Gasteiger partial charge in [-0.15, -0.1) is 0 Å². The smallest absolute Gasteiger partial charge is 0.255 e. The molecule has 0 saturated carbocycles. The molecule has 1 aromatic heterocycles. The molecule has 0 saturated heterocycles. The fraction of sp³-hybridized carbons (Fsp3) is 0.0833. The normalized spacial score (nSPS) is 10.2. The zero-order valence-corrected chi connectivity index (χ0v) is 8.34. The van der Waals surface area contributed by atoms with Crippen LogP contribution in [-0.2, 0) is 0 Å². The van der Waals surface area contributed by atoms with Crippen LogP contribution in [-0.4, -0.2) is 9.67 Å². The molecule has 0 atom stereocenters. The van der Waals surface area contributed by atoms with Crippen molar-refractivity contribution in [3.63, 3.8) is 0 Å². The molecule has 0 unspecified atom stereocenters. The summed E-state index contributed by atoms with van der Waals surface area (Å²) in [4.78, 5) is 11.5. The Morgan fingerprint density at radius 1 is 1.20 bits per heavy atom. The van der Waals surface area contributed by atoms with Gasteiger partial charge in [0.2, 0.25) is 0 Å². The summed E-state index contributed by atoms with van der Waals surface area (Å²) in [5.74, 6) is 0.197. The van der Waals surface area contributed by atoms with Gasteiger partial charge in [-0.1, -0.05) is 12.1 Å². The standard InChI is InChI=1S/C12H11NO2/c1-9-5-6-10(8-11(9)14)13-7-3-2-4-12(13)15/h2-8,14H,1H3. The third kappa shape index (κ3) is 1.76. The number of hydrogen-bond donors (Lipinski definition) is 1.